The lowest BCUT2D eigenvalue weighted by atomic mass is 10.1. The standard InChI is InChI=1S/C22H23BrN2O4S/c23-18-7-4-8-19(14-18)25-15-17(13-21(25)26)22(27)24-10-9-20(30(28,29)12-11-24)16-5-2-1-3-6-16/h1-8,14,17,20H,9-13,15H2. The minimum Gasteiger partial charge on any atom is -0.341 e. The summed E-state index contributed by atoms with van der Waals surface area (Å²) in [4.78, 5) is 28.9. The fourth-order valence-electron chi connectivity index (χ4n) is 4.23. The molecule has 0 bridgehead atoms. The minimum atomic E-state index is -3.35. The van der Waals surface area contributed by atoms with E-state index in [4.69, 9.17) is 0 Å². The molecule has 2 aliphatic rings. The number of nitrogens with zero attached hydrogens (tertiary/aromatic N) is 2. The monoisotopic (exact) mass is 490 g/mol. The van der Waals surface area contributed by atoms with E-state index in [0.29, 0.717) is 19.5 Å². The van der Waals surface area contributed by atoms with Gasteiger partial charge in [0.2, 0.25) is 11.8 Å². The molecule has 2 atom stereocenters. The van der Waals surface area contributed by atoms with Crippen LogP contribution in [0.4, 0.5) is 5.69 Å². The maximum atomic E-state index is 13.1. The Kier molecular flexibility index (Phi) is 5.97. The number of amides is 2. The van der Waals surface area contributed by atoms with E-state index >= 15 is 0 Å². The second-order valence-electron chi connectivity index (χ2n) is 7.77. The van der Waals surface area contributed by atoms with Crippen LogP contribution < -0.4 is 4.90 Å². The highest BCUT2D eigenvalue weighted by molar-refractivity contribution is 9.10. The molecule has 6 nitrogen and oxygen atoms in total. The molecule has 30 heavy (non-hydrogen) atoms. The molecule has 2 fully saturated rings. The molecule has 4 rings (SSSR count). The predicted octanol–water partition coefficient (Wildman–Crippen LogP) is 3.19. The van der Waals surface area contributed by atoms with Crippen molar-refractivity contribution in [2.45, 2.75) is 18.1 Å². The van der Waals surface area contributed by atoms with Crippen LogP contribution in [0.25, 0.3) is 0 Å². The Morgan fingerprint density at radius 1 is 1.03 bits per heavy atom. The molecular formula is C22H23BrN2O4S. The zero-order chi connectivity index (χ0) is 21.3. The van der Waals surface area contributed by atoms with Crippen molar-refractivity contribution >= 4 is 43.3 Å². The third-order valence-corrected chi connectivity index (χ3v) is 8.44. The number of benzene rings is 2. The molecule has 0 aromatic heterocycles. The van der Waals surface area contributed by atoms with Gasteiger partial charge >= 0.3 is 0 Å². The molecule has 0 saturated carbocycles. The van der Waals surface area contributed by atoms with Gasteiger partial charge in [-0.15, -0.1) is 0 Å². The molecule has 158 valence electrons. The Bertz CT molecular complexity index is 1060. The van der Waals surface area contributed by atoms with E-state index in [1.165, 1.54) is 0 Å². The van der Waals surface area contributed by atoms with Crippen molar-refractivity contribution in [1.82, 2.24) is 4.90 Å². The normalized spacial score (nSPS) is 24.0. The highest BCUT2D eigenvalue weighted by atomic mass is 79.9. The van der Waals surface area contributed by atoms with E-state index < -0.39 is 21.0 Å². The molecule has 0 aliphatic carbocycles. The largest absolute Gasteiger partial charge is 0.341 e. The van der Waals surface area contributed by atoms with E-state index in [2.05, 4.69) is 15.9 Å². The average Bonchev–Trinajstić information content (AvgIpc) is 3.04. The van der Waals surface area contributed by atoms with Crippen LogP contribution in [0.1, 0.15) is 23.7 Å². The molecule has 2 saturated heterocycles. The van der Waals surface area contributed by atoms with Crippen molar-refractivity contribution in [3.05, 3.63) is 64.6 Å². The van der Waals surface area contributed by atoms with Gasteiger partial charge in [-0.05, 0) is 30.2 Å². The van der Waals surface area contributed by atoms with Crippen molar-refractivity contribution in [3.63, 3.8) is 0 Å². The molecule has 2 aromatic rings. The van der Waals surface area contributed by atoms with Gasteiger partial charge < -0.3 is 9.80 Å². The number of sulfone groups is 1. The summed E-state index contributed by atoms with van der Waals surface area (Å²) in [5.41, 5.74) is 1.52. The van der Waals surface area contributed by atoms with Crippen LogP contribution in [0.2, 0.25) is 0 Å². The number of hydrogen-bond donors (Lipinski definition) is 0. The summed E-state index contributed by atoms with van der Waals surface area (Å²) in [7, 11) is -3.35. The second-order valence-corrected chi connectivity index (χ2v) is 11.0. The molecular weight excluding hydrogens is 468 g/mol. The average molecular weight is 491 g/mol. The van der Waals surface area contributed by atoms with Crippen molar-refractivity contribution in [3.8, 4) is 0 Å². The lowest BCUT2D eigenvalue weighted by Gasteiger charge is -2.23. The second kappa shape index (κ2) is 8.51. The Morgan fingerprint density at radius 2 is 1.80 bits per heavy atom. The summed E-state index contributed by atoms with van der Waals surface area (Å²) in [6.07, 6.45) is 0.519. The first-order valence-corrected chi connectivity index (χ1v) is 12.5. The van der Waals surface area contributed by atoms with Gasteiger partial charge in [-0.25, -0.2) is 8.42 Å². The summed E-state index contributed by atoms with van der Waals surface area (Å²) in [6, 6.07) is 16.6. The van der Waals surface area contributed by atoms with Crippen molar-refractivity contribution in [2.24, 2.45) is 5.92 Å². The van der Waals surface area contributed by atoms with Crippen LogP contribution in [0.5, 0.6) is 0 Å². The molecule has 2 unspecified atom stereocenters. The molecule has 8 heteroatoms. The highest BCUT2D eigenvalue weighted by Gasteiger charge is 2.39. The predicted molar refractivity (Wildman–Crippen MR) is 119 cm³/mol. The molecule has 2 amide bonds. The molecule has 0 N–H and O–H groups in total. The van der Waals surface area contributed by atoms with Crippen LogP contribution in [0.15, 0.2) is 59.1 Å². The Balaban J connectivity index is 1.47. The number of carbonyl (C=O) groups is 2. The molecule has 2 heterocycles. The smallest absolute Gasteiger partial charge is 0.228 e. The van der Waals surface area contributed by atoms with Crippen molar-refractivity contribution in [1.29, 1.82) is 0 Å². The van der Waals surface area contributed by atoms with Crippen LogP contribution in [-0.2, 0) is 19.4 Å². The zero-order valence-electron chi connectivity index (χ0n) is 16.4. The minimum absolute atomic E-state index is 0.0612. The Labute approximate surface area is 184 Å². The first-order chi connectivity index (χ1) is 14.3. The van der Waals surface area contributed by atoms with Crippen molar-refractivity contribution in [2.75, 3.05) is 30.3 Å². The van der Waals surface area contributed by atoms with E-state index in [0.717, 1.165) is 15.7 Å². The van der Waals surface area contributed by atoms with Crippen LogP contribution >= 0.6 is 15.9 Å². The quantitative estimate of drug-likeness (QED) is 0.661. The summed E-state index contributed by atoms with van der Waals surface area (Å²) in [6.45, 7) is 0.866. The maximum absolute atomic E-state index is 13.1. The van der Waals surface area contributed by atoms with Crippen LogP contribution in [0, 0.1) is 5.92 Å². The number of rotatable bonds is 3. The van der Waals surface area contributed by atoms with Gasteiger partial charge in [0.25, 0.3) is 0 Å². The van der Waals surface area contributed by atoms with Gasteiger partial charge in [0.05, 0.1) is 16.9 Å². The first-order valence-electron chi connectivity index (χ1n) is 9.96. The lowest BCUT2D eigenvalue weighted by Crippen LogP contribution is -2.39. The lowest BCUT2D eigenvalue weighted by molar-refractivity contribution is -0.135. The molecule has 2 aromatic carbocycles. The van der Waals surface area contributed by atoms with Gasteiger partial charge in [0, 0.05) is 36.2 Å². The summed E-state index contributed by atoms with van der Waals surface area (Å²) >= 11 is 3.41. The zero-order valence-corrected chi connectivity index (χ0v) is 18.8. The summed E-state index contributed by atoms with van der Waals surface area (Å²) in [5, 5.41) is -0.597. The van der Waals surface area contributed by atoms with Gasteiger partial charge in [-0.1, -0.05) is 52.3 Å². The fourth-order valence-corrected chi connectivity index (χ4v) is 6.41. The molecule has 2 aliphatic heterocycles. The van der Waals surface area contributed by atoms with E-state index in [-0.39, 0.29) is 30.5 Å². The first kappa shape index (κ1) is 21.1. The summed E-state index contributed by atoms with van der Waals surface area (Å²) < 4.78 is 26.5. The number of carbonyl (C=O) groups excluding carboxylic acids is 2. The SMILES string of the molecule is O=C(C1CC(=O)N(c2cccc(Br)c2)C1)N1CCC(c2ccccc2)S(=O)(=O)CC1. The third kappa shape index (κ3) is 4.30. The highest BCUT2D eigenvalue weighted by Crippen LogP contribution is 2.32. The molecule has 0 spiro atoms. The number of anilines is 1. The van der Waals surface area contributed by atoms with Gasteiger partial charge in [-0.2, -0.15) is 0 Å². The van der Waals surface area contributed by atoms with Gasteiger partial charge in [0.15, 0.2) is 9.84 Å². The topological polar surface area (TPSA) is 74.8 Å². The third-order valence-electron chi connectivity index (χ3n) is 5.82. The number of halogens is 1. The number of hydrogen-bond acceptors (Lipinski definition) is 4. The van der Waals surface area contributed by atoms with Crippen LogP contribution in [-0.4, -0.2) is 50.5 Å². The fraction of sp³-hybridized carbons (Fsp3) is 0.364. The summed E-state index contributed by atoms with van der Waals surface area (Å²) in [5.74, 6) is -0.734. The Morgan fingerprint density at radius 3 is 2.53 bits per heavy atom. The van der Waals surface area contributed by atoms with Gasteiger partial charge in [0.1, 0.15) is 0 Å². The van der Waals surface area contributed by atoms with Crippen molar-refractivity contribution < 1.29 is 18.0 Å². The van der Waals surface area contributed by atoms with E-state index in [9.17, 15) is 18.0 Å². The van der Waals surface area contributed by atoms with E-state index in [1.807, 2.05) is 54.6 Å². The van der Waals surface area contributed by atoms with Crippen LogP contribution in [0.3, 0.4) is 0 Å². The maximum Gasteiger partial charge on any atom is 0.228 e. The van der Waals surface area contributed by atoms with Gasteiger partial charge in [-0.3, -0.25) is 9.59 Å². The van der Waals surface area contributed by atoms with E-state index in [1.54, 1.807) is 9.80 Å². The molecule has 0 radical (unpaired) electrons. The Hall–Kier alpha value is -2.19.